The summed E-state index contributed by atoms with van der Waals surface area (Å²) in [6.07, 6.45) is 10.9. The van der Waals surface area contributed by atoms with Gasteiger partial charge in [0.1, 0.15) is 11.6 Å². The number of ether oxygens (including phenoxy) is 4. The van der Waals surface area contributed by atoms with E-state index < -0.39 is 30.2 Å². The Morgan fingerprint density at radius 3 is 2.38 bits per heavy atom. The third kappa shape index (κ3) is 4.97. The fourth-order valence-electron chi connectivity index (χ4n) is 2.99. The molecule has 4 N–H and O–H groups in total. The summed E-state index contributed by atoms with van der Waals surface area (Å²) in [5.41, 5.74) is 5.46. The number of benzene rings is 1. The van der Waals surface area contributed by atoms with Crippen LogP contribution in [0.15, 0.2) is 42.5 Å². The van der Waals surface area contributed by atoms with E-state index in [1.807, 2.05) is 24.3 Å². The summed E-state index contributed by atoms with van der Waals surface area (Å²) in [5, 5.41) is 11.9. The van der Waals surface area contributed by atoms with E-state index in [4.69, 9.17) is 29.8 Å². The fourth-order valence-corrected chi connectivity index (χ4v) is 2.99. The first-order valence-electron chi connectivity index (χ1n) is 9.01. The summed E-state index contributed by atoms with van der Waals surface area (Å²) < 4.78 is 21.9. The number of nitrogens with two attached hydrogens (primary N) is 1. The second-order valence-corrected chi connectivity index (χ2v) is 6.37. The zero-order valence-corrected chi connectivity index (χ0v) is 17.0. The number of hydrogen-bond donors (Lipinski definition) is 3. The summed E-state index contributed by atoms with van der Waals surface area (Å²) in [7, 11) is 6.19. The maximum absolute atomic E-state index is 12.2. The quantitative estimate of drug-likeness (QED) is 0.564. The normalized spacial score (nSPS) is 21.8. The molecule has 0 saturated heterocycles. The third-order valence-electron chi connectivity index (χ3n) is 4.67. The molecule has 0 heterocycles. The highest BCUT2D eigenvalue weighted by molar-refractivity contribution is 5.82. The second-order valence-electron chi connectivity index (χ2n) is 6.37. The number of allylic oxidation sites excluding steroid dienone is 2. The molecular formula is C21H28N2O6. The molecule has 0 radical (unpaired) electrons. The van der Waals surface area contributed by atoms with E-state index >= 15 is 0 Å². The molecule has 1 aliphatic rings. The molecular weight excluding hydrogens is 376 g/mol. The van der Waals surface area contributed by atoms with Crippen molar-refractivity contribution in [2.75, 3.05) is 35.0 Å². The maximum atomic E-state index is 12.2. The van der Waals surface area contributed by atoms with E-state index in [0.717, 1.165) is 5.56 Å². The van der Waals surface area contributed by atoms with Crippen molar-refractivity contribution < 1.29 is 28.8 Å². The van der Waals surface area contributed by atoms with Gasteiger partial charge in [0.2, 0.25) is 11.7 Å². The number of carbonyl (C=O) groups excluding carboxylic acids is 1. The molecule has 2 unspecified atom stereocenters. The lowest BCUT2D eigenvalue weighted by molar-refractivity contribution is -0.124. The summed E-state index contributed by atoms with van der Waals surface area (Å²) >= 11 is 0. The monoisotopic (exact) mass is 404 g/mol. The number of methoxy groups -OCH3 is 4. The van der Waals surface area contributed by atoms with Crippen molar-refractivity contribution in [3.05, 3.63) is 48.1 Å². The van der Waals surface area contributed by atoms with Gasteiger partial charge in [-0.2, -0.15) is 0 Å². The SMILES string of the molecule is COc1cc(C=CC2(OC)C=CC=CC2NC(=O)[C@@H](N)CO)cc(OC)c1OC. The minimum Gasteiger partial charge on any atom is -0.493 e. The zero-order chi connectivity index (χ0) is 21.4. The van der Waals surface area contributed by atoms with E-state index in [9.17, 15) is 4.79 Å². The summed E-state index contributed by atoms with van der Waals surface area (Å²) in [6, 6.07) is 2.08. The molecule has 0 aliphatic heterocycles. The van der Waals surface area contributed by atoms with Gasteiger partial charge in [-0.15, -0.1) is 0 Å². The van der Waals surface area contributed by atoms with Crippen molar-refractivity contribution in [2.45, 2.75) is 17.7 Å². The van der Waals surface area contributed by atoms with Gasteiger partial charge in [0.05, 0.1) is 34.0 Å². The first kappa shape index (κ1) is 22.5. The van der Waals surface area contributed by atoms with Crippen molar-refractivity contribution in [1.82, 2.24) is 5.32 Å². The van der Waals surface area contributed by atoms with E-state index in [0.29, 0.717) is 17.2 Å². The second kappa shape index (κ2) is 10.1. The number of nitrogens with one attached hydrogen (secondary N) is 1. The van der Waals surface area contributed by atoms with Crippen molar-refractivity contribution in [3.8, 4) is 17.2 Å². The molecule has 158 valence electrons. The van der Waals surface area contributed by atoms with Gasteiger partial charge >= 0.3 is 0 Å². The van der Waals surface area contributed by atoms with Crippen LogP contribution >= 0.6 is 0 Å². The Hall–Kier alpha value is -2.81. The molecule has 1 aromatic carbocycles. The van der Waals surface area contributed by atoms with E-state index in [2.05, 4.69) is 5.32 Å². The first-order valence-corrected chi connectivity index (χ1v) is 9.01. The lowest BCUT2D eigenvalue weighted by atomic mass is 9.88. The van der Waals surface area contributed by atoms with Crippen molar-refractivity contribution in [3.63, 3.8) is 0 Å². The van der Waals surface area contributed by atoms with Crippen LogP contribution < -0.4 is 25.3 Å². The average Bonchev–Trinajstić information content (AvgIpc) is 2.76. The number of aliphatic hydroxyl groups is 1. The highest BCUT2D eigenvalue weighted by Crippen LogP contribution is 2.39. The van der Waals surface area contributed by atoms with Gasteiger partial charge in [-0.3, -0.25) is 4.79 Å². The molecule has 8 heteroatoms. The van der Waals surface area contributed by atoms with Crippen LogP contribution in [0.25, 0.3) is 6.08 Å². The van der Waals surface area contributed by atoms with Crippen molar-refractivity contribution in [2.24, 2.45) is 5.73 Å². The third-order valence-corrected chi connectivity index (χ3v) is 4.67. The van der Waals surface area contributed by atoms with Gasteiger partial charge in [-0.05, 0) is 29.8 Å². The Morgan fingerprint density at radius 2 is 1.86 bits per heavy atom. The Bertz CT molecular complexity index is 779. The smallest absolute Gasteiger partial charge is 0.239 e. The van der Waals surface area contributed by atoms with Crippen LogP contribution in [0.1, 0.15) is 5.56 Å². The molecule has 0 aromatic heterocycles. The first-order chi connectivity index (χ1) is 13.9. The zero-order valence-electron chi connectivity index (χ0n) is 17.0. The van der Waals surface area contributed by atoms with E-state index in [-0.39, 0.29) is 0 Å². The molecule has 0 fully saturated rings. The topological polar surface area (TPSA) is 112 Å². The predicted octanol–water partition coefficient (Wildman–Crippen LogP) is 1.04. The fraction of sp³-hybridized carbons (Fsp3) is 0.381. The number of rotatable bonds is 9. The Balaban J connectivity index is 2.37. The van der Waals surface area contributed by atoms with E-state index in [1.54, 1.807) is 52.7 Å². The van der Waals surface area contributed by atoms with Crippen LogP contribution in [0.5, 0.6) is 17.2 Å². The van der Waals surface area contributed by atoms with Crippen LogP contribution in [-0.2, 0) is 9.53 Å². The molecule has 0 spiro atoms. The van der Waals surface area contributed by atoms with Gasteiger partial charge in [-0.1, -0.05) is 24.3 Å². The van der Waals surface area contributed by atoms with Gasteiger partial charge < -0.3 is 35.1 Å². The van der Waals surface area contributed by atoms with Gasteiger partial charge in [0.25, 0.3) is 0 Å². The number of aliphatic hydroxyl groups excluding tert-OH is 1. The lowest BCUT2D eigenvalue weighted by Gasteiger charge is -2.35. The Kier molecular flexibility index (Phi) is 7.83. The minimum absolute atomic E-state index is 0.445. The number of carbonyl (C=O) groups is 1. The number of hydrogen-bond acceptors (Lipinski definition) is 7. The molecule has 2 rings (SSSR count). The van der Waals surface area contributed by atoms with Crippen molar-refractivity contribution >= 4 is 12.0 Å². The summed E-state index contributed by atoms with van der Waals surface area (Å²) in [4.78, 5) is 12.2. The van der Waals surface area contributed by atoms with Gasteiger partial charge in [0, 0.05) is 7.11 Å². The van der Waals surface area contributed by atoms with Gasteiger partial charge in [-0.25, -0.2) is 0 Å². The van der Waals surface area contributed by atoms with Crippen molar-refractivity contribution in [1.29, 1.82) is 0 Å². The largest absolute Gasteiger partial charge is 0.493 e. The maximum Gasteiger partial charge on any atom is 0.239 e. The lowest BCUT2D eigenvalue weighted by Crippen LogP contribution is -2.55. The van der Waals surface area contributed by atoms with Crippen LogP contribution in [0.2, 0.25) is 0 Å². The molecule has 1 aromatic rings. The molecule has 29 heavy (non-hydrogen) atoms. The molecule has 0 bridgehead atoms. The predicted molar refractivity (Wildman–Crippen MR) is 110 cm³/mol. The Labute approximate surface area is 170 Å². The minimum atomic E-state index is -1.01. The van der Waals surface area contributed by atoms with Crippen LogP contribution in [0, 0.1) is 0 Å². The van der Waals surface area contributed by atoms with Crippen LogP contribution in [-0.4, -0.2) is 63.7 Å². The van der Waals surface area contributed by atoms with Gasteiger partial charge in [0.15, 0.2) is 11.5 Å². The summed E-state index contributed by atoms with van der Waals surface area (Å²) in [6.45, 7) is -0.445. The molecule has 1 aliphatic carbocycles. The van der Waals surface area contributed by atoms with Crippen LogP contribution in [0.3, 0.4) is 0 Å². The number of amides is 1. The van der Waals surface area contributed by atoms with E-state index in [1.165, 1.54) is 0 Å². The van der Waals surface area contributed by atoms with Crippen LogP contribution in [0.4, 0.5) is 0 Å². The molecule has 3 atom stereocenters. The molecule has 8 nitrogen and oxygen atoms in total. The Morgan fingerprint density at radius 1 is 1.21 bits per heavy atom. The molecule has 0 saturated carbocycles. The highest BCUT2D eigenvalue weighted by Gasteiger charge is 2.36. The highest BCUT2D eigenvalue weighted by atomic mass is 16.5. The standard InChI is InChI=1S/C21H28N2O6/c1-26-16-11-14(12-17(27-2)19(16)28-3)8-10-21(29-4)9-6-5-7-18(21)23-20(25)15(22)13-24/h5-12,15,18,24H,13,22H2,1-4H3,(H,23,25)/t15-,18?,21?/m0/s1. The molecule has 1 amide bonds. The average molecular weight is 404 g/mol. The summed E-state index contributed by atoms with van der Waals surface area (Å²) in [5.74, 6) is 1.07.